The van der Waals surface area contributed by atoms with Gasteiger partial charge in [-0.1, -0.05) is 157 Å². The van der Waals surface area contributed by atoms with E-state index in [-0.39, 0.29) is 0 Å². The molecule has 0 aromatic heterocycles. The summed E-state index contributed by atoms with van der Waals surface area (Å²) in [7, 11) is -14.1. The summed E-state index contributed by atoms with van der Waals surface area (Å²) < 4.78 is 0. The summed E-state index contributed by atoms with van der Waals surface area (Å²) in [6.45, 7) is 73.4. The van der Waals surface area contributed by atoms with Crippen molar-refractivity contribution < 1.29 is 0 Å². The molecule has 0 aromatic rings. The van der Waals surface area contributed by atoms with Crippen LogP contribution in [-0.4, -0.2) is 85.3 Å². The summed E-state index contributed by atoms with van der Waals surface area (Å²) in [5.74, 6) is 0. The average molecular weight is 698 g/mol. The molecule has 1 fully saturated rings. The van der Waals surface area contributed by atoms with E-state index in [0.717, 1.165) is 0 Å². The van der Waals surface area contributed by atoms with Crippen LogP contribution in [-0.2, 0) is 0 Å². The van der Waals surface area contributed by atoms with Crippen LogP contribution in [0.15, 0.2) is 0 Å². The molecule has 0 radical (unpaired) electrons. The Balaban J connectivity index is 5.00. The van der Waals surface area contributed by atoms with Crippen LogP contribution in [0.4, 0.5) is 0 Å². The molecule has 12 heteroatoms. The monoisotopic (exact) mass is 696 g/mol. The lowest BCUT2D eigenvalue weighted by Crippen LogP contribution is -3.12. The van der Waals surface area contributed by atoms with Crippen molar-refractivity contribution >= 4 is 85.3 Å². The lowest BCUT2D eigenvalue weighted by molar-refractivity contribution is 1.71. The molecule has 36 heavy (non-hydrogen) atoms. The first-order valence-electron chi connectivity index (χ1n) is 15.0. The van der Waals surface area contributed by atoms with Crippen LogP contribution in [0.3, 0.4) is 0 Å². The fourth-order valence-electron chi connectivity index (χ4n) is 14.8. The van der Waals surface area contributed by atoms with Gasteiger partial charge in [-0.3, -0.25) is 0 Å². The van der Waals surface area contributed by atoms with Gasteiger partial charge in [0.15, 0.2) is 0 Å². The number of hydrogen-bond acceptors (Lipinski definition) is 0. The summed E-state index contributed by atoms with van der Waals surface area (Å²) in [5.41, 5.74) is 0. The molecule has 216 valence electrons. The minimum Gasteiger partial charge on any atom is -0.0739 e. The minimum absolute atomic E-state index is 1.35. The molecule has 0 atom stereocenters. The summed E-state index contributed by atoms with van der Waals surface area (Å²) in [6.07, 6.45) is -2.95. The van der Waals surface area contributed by atoms with E-state index in [1.165, 1.54) is 0 Å². The first kappa shape index (κ1) is 36.6. The predicted molar refractivity (Wildman–Crippen MR) is 210 cm³/mol. The summed E-state index contributed by atoms with van der Waals surface area (Å²) >= 11 is 0. The molecule has 1 aliphatic rings. The molecular formula is C24H72Si12. The highest BCUT2D eigenvalue weighted by Crippen LogP contribution is 2.59. The third-order valence-corrected chi connectivity index (χ3v) is 374. The summed E-state index contributed by atoms with van der Waals surface area (Å²) in [5, 5.41) is 0. The molecule has 0 spiro atoms. The van der Waals surface area contributed by atoms with Gasteiger partial charge in [-0.15, -0.1) is 0 Å². The topological polar surface area (TPSA) is 0 Å². The second kappa shape index (κ2) is 9.05. The molecule has 0 aromatic carbocycles. The SMILES string of the molecule is C[Si](C)(C)[Si]1([Si](C)(C)C)[Si](C)(C)[Si](C)(C)[Si](C)(C)[Si](C)(C)[Si]([Si](C)(C)C)([Si](C)(C)C)[Si](C)(C)[Si]1(C)C. The van der Waals surface area contributed by atoms with E-state index >= 15 is 0 Å². The third kappa shape index (κ3) is 3.79. The van der Waals surface area contributed by atoms with Gasteiger partial charge in [0.1, 0.15) is 0 Å². The van der Waals surface area contributed by atoms with Crippen LogP contribution >= 0.6 is 0 Å². The largest absolute Gasteiger partial charge is 0.0739 e. The first-order chi connectivity index (χ1) is 15.0. The zero-order chi connectivity index (χ0) is 30.0. The number of hydrogen-bond donors (Lipinski definition) is 0. The van der Waals surface area contributed by atoms with Gasteiger partial charge >= 0.3 is 0 Å². The normalized spacial score (nSPS) is 28.7. The predicted octanol–water partition coefficient (Wildman–Crippen LogP) is 9.44. The van der Waals surface area contributed by atoms with E-state index in [0.29, 0.717) is 0 Å². The minimum atomic E-state index is -1.50. The Bertz CT molecular complexity index is 755. The van der Waals surface area contributed by atoms with Crippen molar-refractivity contribution in [3.63, 3.8) is 0 Å². The highest BCUT2D eigenvalue weighted by molar-refractivity contribution is 8.32. The van der Waals surface area contributed by atoms with E-state index in [2.05, 4.69) is 157 Å². The molecule has 0 saturated carbocycles. The van der Waals surface area contributed by atoms with Crippen molar-refractivity contribution in [2.24, 2.45) is 0 Å². The van der Waals surface area contributed by atoms with E-state index in [1.807, 2.05) is 0 Å². The zero-order valence-corrected chi connectivity index (χ0v) is 42.0. The van der Waals surface area contributed by atoms with E-state index < -0.39 is 85.3 Å². The highest BCUT2D eigenvalue weighted by atomic mass is 30.5. The Morgan fingerprint density at radius 2 is 0.333 bits per heavy atom. The highest BCUT2D eigenvalue weighted by Gasteiger charge is 2.86. The quantitative estimate of drug-likeness (QED) is 0.257. The molecule has 0 unspecified atom stereocenters. The van der Waals surface area contributed by atoms with Crippen molar-refractivity contribution in [3.8, 4) is 0 Å². The second-order valence-electron chi connectivity index (χ2n) is 20.2. The molecule has 1 saturated heterocycles. The molecule has 1 heterocycles. The van der Waals surface area contributed by atoms with Gasteiger partial charge in [-0.2, -0.15) is 0 Å². The Morgan fingerprint density at radius 3 is 0.444 bits per heavy atom. The Morgan fingerprint density at radius 1 is 0.222 bits per heavy atom. The van der Waals surface area contributed by atoms with Crippen LogP contribution in [0.5, 0.6) is 0 Å². The van der Waals surface area contributed by atoms with Crippen LogP contribution in [0.1, 0.15) is 0 Å². The Kier molecular flexibility index (Phi) is 9.21. The lowest BCUT2D eigenvalue weighted by atomic mass is 11.8. The lowest BCUT2D eigenvalue weighted by Gasteiger charge is -2.82. The van der Waals surface area contributed by atoms with E-state index in [9.17, 15) is 0 Å². The maximum atomic E-state index is 3.19. The Hall–Kier alpha value is 2.60. The van der Waals surface area contributed by atoms with Crippen LogP contribution in [0.25, 0.3) is 0 Å². The smallest absolute Gasteiger partial charge is 0.0308 e. The van der Waals surface area contributed by atoms with Gasteiger partial charge in [-0.25, -0.2) is 0 Å². The average Bonchev–Trinajstić information content (AvgIpc) is 2.46. The first-order valence-corrected chi connectivity index (χ1v) is 63.0. The molecule has 0 aliphatic carbocycles. The van der Waals surface area contributed by atoms with Gasteiger partial charge in [0.2, 0.25) is 0 Å². The fourth-order valence-corrected chi connectivity index (χ4v) is 722. The molecule has 0 amide bonds. The molecule has 0 bridgehead atoms. The van der Waals surface area contributed by atoms with Crippen molar-refractivity contribution in [2.75, 3.05) is 0 Å². The summed E-state index contributed by atoms with van der Waals surface area (Å²) in [4.78, 5) is 0. The van der Waals surface area contributed by atoms with Gasteiger partial charge in [-0.05, 0) is 0 Å². The van der Waals surface area contributed by atoms with Crippen LogP contribution in [0.2, 0.25) is 157 Å². The van der Waals surface area contributed by atoms with E-state index in [1.54, 1.807) is 0 Å². The molecule has 0 nitrogen and oxygen atoms in total. The maximum absolute atomic E-state index is 3.19. The van der Waals surface area contributed by atoms with Crippen LogP contribution < -0.4 is 0 Å². The fraction of sp³-hybridized carbons (Fsp3) is 1.00. The van der Waals surface area contributed by atoms with Crippen LogP contribution in [0, 0.1) is 0 Å². The third-order valence-electron chi connectivity index (χ3n) is 14.5. The van der Waals surface area contributed by atoms with E-state index in [4.69, 9.17) is 0 Å². The van der Waals surface area contributed by atoms with Crippen molar-refractivity contribution in [1.82, 2.24) is 0 Å². The molecule has 1 aliphatic heterocycles. The van der Waals surface area contributed by atoms with Crippen molar-refractivity contribution in [1.29, 1.82) is 0 Å². The number of rotatable bonds is 4. The van der Waals surface area contributed by atoms with Gasteiger partial charge in [0, 0.05) is 85.3 Å². The van der Waals surface area contributed by atoms with Crippen molar-refractivity contribution in [2.45, 2.75) is 157 Å². The van der Waals surface area contributed by atoms with Gasteiger partial charge in [0.25, 0.3) is 0 Å². The van der Waals surface area contributed by atoms with Gasteiger partial charge in [0.05, 0.1) is 0 Å². The molecular weight excluding hydrogens is 625 g/mol. The maximum Gasteiger partial charge on any atom is 0.0308 e. The summed E-state index contributed by atoms with van der Waals surface area (Å²) in [6, 6.07) is 0. The second-order valence-corrected chi connectivity index (χ2v) is 169. The standard InChI is InChI=1S/C24H72Si12/c1-25(2,3)35(26(4,5)6)31(17,18)29(13,14)30(15,16)32(19,20)36(27(7,8)9,28(10,11)12)34(23,24)33(35,21)22/h1-24H3. The zero-order valence-electron chi connectivity index (χ0n) is 30.0. The van der Waals surface area contributed by atoms with Crippen molar-refractivity contribution in [3.05, 3.63) is 0 Å². The molecule has 0 N–H and O–H groups in total. The Labute approximate surface area is 240 Å². The van der Waals surface area contributed by atoms with Gasteiger partial charge < -0.3 is 0 Å². The molecule has 1 rings (SSSR count).